The molecule has 0 saturated heterocycles. The van der Waals surface area contributed by atoms with Crippen LogP contribution >= 0.6 is 34.8 Å². The summed E-state index contributed by atoms with van der Waals surface area (Å²) in [5.74, 6) is -0.326. The highest BCUT2D eigenvalue weighted by Gasteiger charge is 2.55. The van der Waals surface area contributed by atoms with Crippen LogP contribution in [-0.4, -0.2) is 9.58 Å². The van der Waals surface area contributed by atoms with Gasteiger partial charge in [-0.25, -0.2) is 0 Å². The number of rotatable bonds is 1. The molecule has 1 nitrogen and oxygen atoms in total. The van der Waals surface area contributed by atoms with E-state index in [1.165, 1.54) is 0 Å². The monoisotopic (exact) mass is 172 g/mol. The Bertz CT molecular complexity index is 131. The van der Waals surface area contributed by atoms with Gasteiger partial charge in [-0.3, -0.25) is 4.79 Å². The second-order valence-electron chi connectivity index (χ2n) is 1.82. The normalized spacial score (nSPS) is 32.1. The summed E-state index contributed by atoms with van der Waals surface area (Å²) in [5, 5.41) is -0.435. The van der Waals surface area contributed by atoms with Crippen molar-refractivity contribution in [1.82, 2.24) is 0 Å². The molecule has 0 aromatic carbocycles. The average Bonchev–Trinajstić information content (AvgIpc) is 2.13. The molecule has 0 aromatic heterocycles. The third-order valence-electron chi connectivity index (χ3n) is 1.10. The van der Waals surface area contributed by atoms with E-state index in [-0.39, 0.29) is 5.92 Å². The topological polar surface area (TPSA) is 17.1 Å². The SMILES string of the molecule is O=C(Cl)[C@H]1CC1(Cl)Cl. The third-order valence-corrected chi connectivity index (χ3v) is 2.20. The smallest absolute Gasteiger partial charge is 0.227 e. The molecule has 0 bridgehead atoms. The lowest BCUT2D eigenvalue weighted by molar-refractivity contribution is -0.112. The largest absolute Gasteiger partial charge is 0.281 e. The van der Waals surface area contributed by atoms with Gasteiger partial charge in [0.05, 0.1) is 5.92 Å². The summed E-state index contributed by atoms with van der Waals surface area (Å²) in [7, 11) is 0. The van der Waals surface area contributed by atoms with E-state index < -0.39 is 9.58 Å². The molecule has 0 N–H and O–H groups in total. The van der Waals surface area contributed by atoms with Crippen molar-refractivity contribution in [1.29, 1.82) is 0 Å². The zero-order valence-electron chi connectivity index (χ0n) is 3.83. The number of carbonyl (C=O) groups is 1. The molecule has 0 amide bonds. The highest BCUT2D eigenvalue weighted by molar-refractivity contribution is 6.67. The van der Waals surface area contributed by atoms with Crippen LogP contribution in [0.25, 0.3) is 0 Å². The van der Waals surface area contributed by atoms with Crippen LogP contribution in [-0.2, 0) is 4.79 Å². The predicted octanol–water partition coefficient (Wildman–Crippen LogP) is 1.95. The molecule has 46 valence electrons. The Balaban J connectivity index is 2.48. The molecule has 0 radical (unpaired) electrons. The van der Waals surface area contributed by atoms with Gasteiger partial charge in [0.15, 0.2) is 0 Å². The highest BCUT2D eigenvalue weighted by Crippen LogP contribution is 2.53. The van der Waals surface area contributed by atoms with Crippen LogP contribution in [0.15, 0.2) is 0 Å². The Morgan fingerprint density at radius 1 is 1.62 bits per heavy atom. The van der Waals surface area contributed by atoms with Gasteiger partial charge in [-0.1, -0.05) is 0 Å². The van der Waals surface area contributed by atoms with Crippen molar-refractivity contribution in [3.63, 3.8) is 0 Å². The van der Waals surface area contributed by atoms with Crippen LogP contribution in [0.4, 0.5) is 0 Å². The Morgan fingerprint density at radius 3 is 2.00 bits per heavy atom. The lowest BCUT2D eigenvalue weighted by atomic mass is 10.5. The quantitative estimate of drug-likeness (QED) is 0.437. The molecule has 1 saturated carbocycles. The van der Waals surface area contributed by atoms with E-state index in [1.807, 2.05) is 0 Å². The molecule has 0 heterocycles. The Labute approximate surface area is 61.9 Å². The van der Waals surface area contributed by atoms with Crippen molar-refractivity contribution in [2.45, 2.75) is 10.8 Å². The second-order valence-corrected chi connectivity index (χ2v) is 3.74. The van der Waals surface area contributed by atoms with Gasteiger partial charge in [0.1, 0.15) is 4.33 Å². The summed E-state index contributed by atoms with van der Waals surface area (Å²) in [5.41, 5.74) is 0. The number of halogens is 3. The van der Waals surface area contributed by atoms with Crippen molar-refractivity contribution in [3.8, 4) is 0 Å². The third kappa shape index (κ3) is 1.09. The van der Waals surface area contributed by atoms with Gasteiger partial charge in [0.2, 0.25) is 5.24 Å². The predicted molar refractivity (Wildman–Crippen MR) is 33.4 cm³/mol. The number of hydrogen-bond acceptors (Lipinski definition) is 1. The molecule has 0 spiro atoms. The molecular weight excluding hydrogens is 170 g/mol. The molecule has 0 unspecified atom stereocenters. The maximum atomic E-state index is 10.2. The Hall–Kier alpha value is 0.540. The maximum absolute atomic E-state index is 10.2. The fraction of sp³-hybridized carbons (Fsp3) is 0.750. The summed E-state index contributed by atoms with van der Waals surface area (Å²) >= 11 is 16.0. The van der Waals surface area contributed by atoms with Gasteiger partial charge in [-0.2, -0.15) is 0 Å². The zero-order chi connectivity index (χ0) is 6.36. The fourth-order valence-electron chi connectivity index (χ4n) is 0.459. The minimum absolute atomic E-state index is 0.326. The standard InChI is InChI=1S/C4H3Cl3O/c5-3(8)2-1-4(2,6)7/h2H,1H2/t2-/m1/s1. The highest BCUT2D eigenvalue weighted by atomic mass is 35.5. The minimum atomic E-state index is -0.848. The molecule has 1 rings (SSSR count). The van der Waals surface area contributed by atoms with E-state index in [4.69, 9.17) is 34.8 Å². The minimum Gasteiger partial charge on any atom is -0.281 e. The Morgan fingerprint density at radius 2 is 2.00 bits per heavy atom. The summed E-state index contributed by atoms with van der Waals surface area (Å²) in [6.07, 6.45) is 0.498. The summed E-state index contributed by atoms with van der Waals surface area (Å²) in [6.45, 7) is 0. The van der Waals surface area contributed by atoms with Gasteiger partial charge in [0.25, 0.3) is 0 Å². The lowest BCUT2D eigenvalue weighted by Gasteiger charge is -1.88. The van der Waals surface area contributed by atoms with E-state index >= 15 is 0 Å². The second kappa shape index (κ2) is 1.76. The number of hydrogen-bond donors (Lipinski definition) is 0. The van der Waals surface area contributed by atoms with E-state index in [0.29, 0.717) is 6.42 Å². The molecule has 0 aliphatic heterocycles. The molecule has 1 aliphatic rings. The van der Waals surface area contributed by atoms with E-state index in [1.54, 1.807) is 0 Å². The van der Waals surface area contributed by atoms with E-state index in [0.717, 1.165) is 0 Å². The van der Waals surface area contributed by atoms with Crippen molar-refractivity contribution in [3.05, 3.63) is 0 Å². The van der Waals surface area contributed by atoms with E-state index in [9.17, 15) is 4.79 Å². The molecule has 1 fully saturated rings. The van der Waals surface area contributed by atoms with Crippen LogP contribution in [0.1, 0.15) is 6.42 Å². The maximum Gasteiger partial charge on any atom is 0.227 e. The lowest BCUT2D eigenvalue weighted by Crippen LogP contribution is -1.96. The molecule has 1 aliphatic carbocycles. The first-order valence-corrected chi connectivity index (χ1v) is 3.24. The van der Waals surface area contributed by atoms with Crippen molar-refractivity contribution in [2.75, 3.05) is 0 Å². The first-order valence-electron chi connectivity index (χ1n) is 2.11. The van der Waals surface area contributed by atoms with Gasteiger partial charge >= 0.3 is 0 Å². The van der Waals surface area contributed by atoms with Crippen LogP contribution in [0.5, 0.6) is 0 Å². The van der Waals surface area contributed by atoms with Crippen LogP contribution in [0.2, 0.25) is 0 Å². The van der Waals surface area contributed by atoms with Crippen LogP contribution in [0, 0.1) is 5.92 Å². The molecular formula is C4H3Cl3O. The van der Waals surface area contributed by atoms with Crippen molar-refractivity contribution < 1.29 is 4.79 Å². The molecule has 4 heteroatoms. The van der Waals surface area contributed by atoms with Gasteiger partial charge in [0, 0.05) is 0 Å². The average molecular weight is 173 g/mol. The van der Waals surface area contributed by atoms with E-state index in [2.05, 4.69) is 0 Å². The van der Waals surface area contributed by atoms with Crippen LogP contribution in [0.3, 0.4) is 0 Å². The molecule has 1 atom stereocenters. The zero-order valence-corrected chi connectivity index (χ0v) is 6.09. The summed E-state index contributed by atoms with van der Waals surface area (Å²) in [6, 6.07) is 0. The number of carbonyl (C=O) groups excluding carboxylic acids is 1. The Kier molecular flexibility index (Phi) is 1.46. The number of alkyl halides is 2. The van der Waals surface area contributed by atoms with Crippen molar-refractivity contribution >= 4 is 40.0 Å². The summed E-state index contributed by atoms with van der Waals surface area (Å²) in [4.78, 5) is 10.2. The van der Waals surface area contributed by atoms with Gasteiger partial charge < -0.3 is 0 Å². The van der Waals surface area contributed by atoms with Crippen LogP contribution < -0.4 is 0 Å². The first-order chi connectivity index (χ1) is 3.54. The van der Waals surface area contributed by atoms with Crippen molar-refractivity contribution in [2.24, 2.45) is 5.92 Å². The van der Waals surface area contributed by atoms with Gasteiger partial charge in [-0.05, 0) is 18.0 Å². The fourth-order valence-corrected chi connectivity index (χ4v) is 1.34. The molecule has 8 heavy (non-hydrogen) atoms. The summed E-state index contributed by atoms with van der Waals surface area (Å²) < 4.78 is -0.848. The molecule has 0 aromatic rings. The first kappa shape index (κ1) is 6.66. The van der Waals surface area contributed by atoms with Gasteiger partial charge in [-0.15, -0.1) is 23.2 Å².